The minimum absolute atomic E-state index is 0.150. The van der Waals surface area contributed by atoms with Crippen LogP contribution in [0.15, 0.2) is 139 Å². The summed E-state index contributed by atoms with van der Waals surface area (Å²) < 4.78 is 26.7. The first-order valence-electron chi connectivity index (χ1n) is 15.1. The number of hydrogen-bond acceptors (Lipinski definition) is 6. The molecule has 5 rings (SSSR count). The summed E-state index contributed by atoms with van der Waals surface area (Å²) in [7, 11) is -3.54. The second kappa shape index (κ2) is 16.4. The van der Waals surface area contributed by atoms with E-state index in [-0.39, 0.29) is 22.5 Å². The SMILES string of the molecule is CC(=O)C(c1ccccc1)c1ccncc1.CCN(CC)S(=O)(=O)c1ccc(NC(=O)C(c2ccccc2)c2ccncc2)cc1. The fourth-order valence-corrected chi connectivity index (χ4v) is 6.66. The van der Waals surface area contributed by atoms with Gasteiger partial charge in [0, 0.05) is 43.6 Å². The fourth-order valence-electron chi connectivity index (χ4n) is 5.20. The molecular formula is C37H38N4O4S. The Morgan fingerprint density at radius 3 is 1.48 bits per heavy atom. The first kappa shape index (κ1) is 33.9. The molecule has 0 radical (unpaired) electrons. The highest BCUT2D eigenvalue weighted by molar-refractivity contribution is 7.89. The molecule has 46 heavy (non-hydrogen) atoms. The number of sulfonamides is 1. The van der Waals surface area contributed by atoms with Gasteiger partial charge in [0.2, 0.25) is 15.9 Å². The first-order chi connectivity index (χ1) is 22.3. The standard InChI is InChI=1S/C23H25N3O3S.C14H13NO/c1-3-26(4-2)30(28,29)21-12-10-20(11-13-21)25-23(27)22(18-8-6-5-7-9-18)19-14-16-24-17-15-19;1-11(16)14(12-5-3-2-4-6-12)13-7-9-15-10-8-13/h5-17,22H,3-4H2,1-2H3,(H,25,27);2-10,14H,1H3. The van der Waals surface area contributed by atoms with E-state index in [4.69, 9.17) is 0 Å². The smallest absolute Gasteiger partial charge is 0.243 e. The second-order valence-corrected chi connectivity index (χ2v) is 12.4. The van der Waals surface area contributed by atoms with Crippen molar-refractivity contribution < 1.29 is 18.0 Å². The summed E-state index contributed by atoms with van der Waals surface area (Å²) in [5.41, 5.74) is 4.25. The van der Waals surface area contributed by atoms with Crippen LogP contribution in [0.2, 0.25) is 0 Å². The molecule has 0 spiro atoms. The molecule has 0 saturated heterocycles. The van der Waals surface area contributed by atoms with E-state index in [1.165, 1.54) is 16.4 Å². The number of amides is 1. The molecule has 0 aliphatic rings. The van der Waals surface area contributed by atoms with Crippen LogP contribution in [0.1, 0.15) is 54.9 Å². The number of anilines is 1. The number of hydrogen-bond donors (Lipinski definition) is 1. The Labute approximate surface area is 271 Å². The van der Waals surface area contributed by atoms with Crippen LogP contribution in [-0.2, 0) is 19.6 Å². The lowest BCUT2D eigenvalue weighted by molar-refractivity contribution is -0.118. The summed E-state index contributed by atoms with van der Waals surface area (Å²) in [6.07, 6.45) is 6.75. The molecule has 8 nitrogen and oxygen atoms in total. The molecule has 0 aliphatic carbocycles. The van der Waals surface area contributed by atoms with Gasteiger partial charge in [0.05, 0.1) is 16.7 Å². The van der Waals surface area contributed by atoms with Crippen molar-refractivity contribution in [1.29, 1.82) is 0 Å². The van der Waals surface area contributed by atoms with Gasteiger partial charge in [-0.15, -0.1) is 0 Å². The quantitative estimate of drug-likeness (QED) is 0.174. The maximum Gasteiger partial charge on any atom is 0.243 e. The minimum Gasteiger partial charge on any atom is -0.325 e. The van der Waals surface area contributed by atoms with Gasteiger partial charge < -0.3 is 5.32 Å². The van der Waals surface area contributed by atoms with E-state index in [9.17, 15) is 18.0 Å². The van der Waals surface area contributed by atoms with Gasteiger partial charge in [-0.05, 0) is 77.7 Å². The highest BCUT2D eigenvalue weighted by Crippen LogP contribution is 2.27. The summed E-state index contributed by atoms with van der Waals surface area (Å²) in [5, 5.41) is 2.91. The molecule has 9 heteroatoms. The van der Waals surface area contributed by atoms with Gasteiger partial charge in [0.25, 0.3) is 0 Å². The van der Waals surface area contributed by atoms with E-state index in [1.54, 1.807) is 57.7 Å². The molecule has 0 aliphatic heterocycles. The third-order valence-electron chi connectivity index (χ3n) is 7.48. The molecular weight excluding hydrogens is 596 g/mol. The topological polar surface area (TPSA) is 109 Å². The lowest BCUT2D eigenvalue weighted by atomic mass is 9.89. The normalized spacial score (nSPS) is 12.3. The Kier molecular flexibility index (Phi) is 12.1. The number of nitrogens with zero attached hydrogens (tertiary/aromatic N) is 3. The number of carbonyl (C=O) groups excluding carboxylic acids is 2. The van der Waals surface area contributed by atoms with E-state index >= 15 is 0 Å². The predicted molar refractivity (Wildman–Crippen MR) is 181 cm³/mol. The molecule has 0 saturated carbocycles. The van der Waals surface area contributed by atoms with Gasteiger partial charge >= 0.3 is 0 Å². The first-order valence-corrected chi connectivity index (χ1v) is 16.5. The predicted octanol–water partition coefficient (Wildman–Crippen LogP) is 6.69. The Bertz CT molecular complexity index is 1700. The van der Waals surface area contributed by atoms with E-state index in [0.29, 0.717) is 18.8 Å². The molecule has 2 aromatic heterocycles. The number of Topliss-reactive ketones (excluding diaryl/α,β-unsaturated/α-hetero) is 1. The molecule has 236 valence electrons. The van der Waals surface area contributed by atoms with Crippen LogP contribution in [0, 0.1) is 0 Å². The van der Waals surface area contributed by atoms with Crippen LogP contribution >= 0.6 is 0 Å². The maximum atomic E-state index is 13.1. The van der Waals surface area contributed by atoms with Crippen LogP contribution in [0.25, 0.3) is 0 Å². The van der Waals surface area contributed by atoms with Crippen LogP contribution < -0.4 is 5.32 Å². The third kappa shape index (κ3) is 8.59. The van der Waals surface area contributed by atoms with Crippen LogP contribution in [0.5, 0.6) is 0 Å². The molecule has 5 aromatic rings. The maximum absolute atomic E-state index is 13.1. The van der Waals surface area contributed by atoms with Crippen molar-refractivity contribution in [3.8, 4) is 0 Å². The summed E-state index contributed by atoms with van der Waals surface area (Å²) in [4.78, 5) is 33.1. The van der Waals surface area contributed by atoms with Crippen LogP contribution in [0.3, 0.4) is 0 Å². The molecule has 2 unspecified atom stereocenters. The number of carbonyl (C=O) groups is 2. The van der Waals surface area contributed by atoms with Gasteiger partial charge in [0.1, 0.15) is 5.78 Å². The van der Waals surface area contributed by atoms with E-state index in [2.05, 4.69) is 15.3 Å². The average molecular weight is 635 g/mol. The number of pyridine rings is 2. The average Bonchev–Trinajstić information content (AvgIpc) is 3.08. The Hall–Kier alpha value is -4.99. The lowest BCUT2D eigenvalue weighted by Gasteiger charge is -2.19. The second-order valence-electron chi connectivity index (χ2n) is 10.5. The van der Waals surface area contributed by atoms with Gasteiger partial charge in [-0.3, -0.25) is 19.6 Å². The monoisotopic (exact) mass is 634 g/mol. The number of nitrogens with one attached hydrogen (secondary N) is 1. The van der Waals surface area contributed by atoms with E-state index in [0.717, 1.165) is 22.3 Å². The highest BCUT2D eigenvalue weighted by Gasteiger charge is 2.24. The highest BCUT2D eigenvalue weighted by atomic mass is 32.2. The van der Waals surface area contributed by atoms with Crippen molar-refractivity contribution in [1.82, 2.24) is 14.3 Å². The van der Waals surface area contributed by atoms with Crippen LogP contribution in [0.4, 0.5) is 5.69 Å². The molecule has 3 aromatic carbocycles. The number of benzene rings is 3. The zero-order valence-electron chi connectivity index (χ0n) is 26.2. The molecule has 1 amide bonds. The van der Waals surface area contributed by atoms with Gasteiger partial charge in [-0.2, -0.15) is 4.31 Å². The zero-order chi connectivity index (χ0) is 32.9. The van der Waals surface area contributed by atoms with Gasteiger partial charge in [-0.1, -0.05) is 74.5 Å². The Balaban J connectivity index is 0.000000252. The molecule has 0 bridgehead atoms. The Morgan fingerprint density at radius 2 is 1.04 bits per heavy atom. The number of aromatic nitrogens is 2. The van der Waals surface area contributed by atoms with Gasteiger partial charge in [-0.25, -0.2) is 8.42 Å². The van der Waals surface area contributed by atoms with Crippen molar-refractivity contribution in [2.24, 2.45) is 0 Å². The summed E-state index contributed by atoms with van der Waals surface area (Å²) in [6.45, 7) is 6.04. The summed E-state index contributed by atoms with van der Waals surface area (Å²) >= 11 is 0. The molecule has 2 atom stereocenters. The van der Waals surface area contributed by atoms with E-state index in [1.807, 2.05) is 84.9 Å². The molecule has 0 fully saturated rings. The fraction of sp³-hybridized carbons (Fsp3) is 0.189. The number of ketones is 1. The molecule has 2 heterocycles. The van der Waals surface area contributed by atoms with Crippen molar-refractivity contribution >= 4 is 27.4 Å². The largest absolute Gasteiger partial charge is 0.325 e. The zero-order valence-corrected chi connectivity index (χ0v) is 27.0. The third-order valence-corrected chi connectivity index (χ3v) is 9.54. The summed E-state index contributed by atoms with van der Waals surface area (Å²) in [5.74, 6) is -0.735. The van der Waals surface area contributed by atoms with Crippen molar-refractivity contribution in [3.05, 3.63) is 156 Å². The van der Waals surface area contributed by atoms with E-state index < -0.39 is 15.9 Å². The van der Waals surface area contributed by atoms with Crippen molar-refractivity contribution in [2.45, 2.75) is 37.5 Å². The van der Waals surface area contributed by atoms with Crippen molar-refractivity contribution in [3.63, 3.8) is 0 Å². The van der Waals surface area contributed by atoms with Crippen LogP contribution in [-0.4, -0.2) is 47.5 Å². The minimum atomic E-state index is -3.54. The van der Waals surface area contributed by atoms with Crippen molar-refractivity contribution in [2.75, 3.05) is 18.4 Å². The lowest BCUT2D eigenvalue weighted by Crippen LogP contribution is -2.30. The number of rotatable bonds is 11. The Morgan fingerprint density at radius 1 is 0.630 bits per heavy atom. The molecule has 1 N–H and O–H groups in total. The summed E-state index contributed by atoms with van der Waals surface area (Å²) in [6, 6.07) is 33.0. The van der Waals surface area contributed by atoms with Gasteiger partial charge in [0.15, 0.2) is 0 Å².